The van der Waals surface area contributed by atoms with Gasteiger partial charge in [-0.15, -0.1) is 0 Å². The zero-order valence-electron chi connectivity index (χ0n) is 9.09. The molecule has 0 aromatic carbocycles. The van der Waals surface area contributed by atoms with Crippen LogP contribution in [0, 0.1) is 5.92 Å². The van der Waals surface area contributed by atoms with Crippen LogP contribution >= 0.6 is 0 Å². The van der Waals surface area contributed by atoms with E-state index in [4.69, 9.17) is 0 Å². The van der Waals surface area contributed by atoms with Crippen LogP contribution in [0.5, 0.6) is 0 Å². The van der Waals surface area contributed by atoms with Gasteiger partial charge in [-0.3, -0.25) is 10.2 Å². The Bertz CT molecular complexity index is 181. The summed E-state index contributed by atoms with van der Waals surface area (Å²) < 4.78 is 0. The smallest absolute Gasteiger partial charge is 0.0601 e. The summed E-state index contributed by atoms with van der Waals surface area (Å²) in [5, 5.41) is 3.70. The molecule has 2 rings (SSSR count). The summed E-state index contributed by atoms with van der Waals surface area (Å²) in [6, 6.07) is 1.49. The Kier molecular flexibility index (Phi) is 2.61. The van der Waals surface area contributed by atoms with E-state index in [0.717, 1.165) is 12.0 Å². The summed E-state index contributed by atoms with van der Waals surface area (Å²) in [5.74, 6) is 0.897. The first-order valence-corrected chi connectivity index (χ1v) is 5.68. The first-order chi connectivity index (χ1) is 6.16. The van der Waals surface area contributed by atoms with E-state index in [1.807, 2.05) is 0 Å². The molecule has 2 heterocycles. The highest BCUT2D eigenvalue weighted by Gasteiger charge is 2.34. The van der Waals surface area contributed by atoms with E-state index in [2.05, 4.69) is 31.0 Å². The van der Waals surface area contributed by atoms with Crippen molar-refractivity contribution in [1.29, 1.82) is 0 Å². The summed E-state index contributed by atoms with van der Waals surface area (Å²) in [5.41, 5.74) is 0. The summed E-state index contributed by atoms with van der Waals surface area (Å²) in [7, 11) is 0. The van der Waals surface area contributed by atoms with Crippen molar-refractivity contribution in [3.05, 3.63) is 0 Å². The van der Waals surface area contributed by atoms with Crippen molar-refractivity contribution in [2.45, 2.75) is 58.3 Å². The fourth-order valence-electron chi connectivity index (χ4n) is 2.90. The molecule has 0 aromatic heterocycles. The third-order valence-corrected chi connectivity index (χ3v) is 3.59. The molecular weight excluding hydrogens is 160 g/mol. The van der Waals surface area contributed by atoms with E-state index in [-0.39, 0.29) is 0 Å². The second-order valence-corrected chi connectivity index (χ2v) is 5.05. The van der Waals surface area contributed by atoms with Crippen molar-refractivity contribution in [3.8, 4) is 0 Å². The molecule has 1 N–H and O–H groups in total. The minimum Gasteiger partial charge on any atom is -0.299 e. The number of nitrogens with one attached hydrogen (secondary N) is 1. The fraction of sp³-hybridized carbons (Fsp3) is 1.00. The lowest BCUT2D eigenvalue weighted by molar-refractivity contribution is 0.0108. The molecule has 0 saturated carbocycles. The number of nitrogens with zero attached hydrogens (tertiary/aromatic N) is 1. The lowest BCUT2D eigenvalue weighted by Gasteiger charge is -2.48. The molecule has 2 saturated heterocycles. The number of fused-ring (bicyclic) bond motifs is 1. The summed E-state index contributed by atoms with van der Waals surface area (Å²) in [6.07, 6.45) is 4.72. The SMILES string of the molecule is CC1CCC2NC(C)CC(C)N2C1. The van der Waals surface area contributed by atoms with Gasteiger partial charge in [0.05, 0.1) is 6.17 Å². The topological polar surface area (TPSA) is 15.3 Å². The van der Waals surface area contributed by atoms with Gasteiger partial charge in [-0.25, -0.2) is 0 Å². The third kappa shape index (κ3) is 1.89. The maximum atomic E-state index is 3.70. The summed E-state index contributed by atoms with van der Waals surface area (Å²) in [6.45, 7) is 8.36. The average Bonchev–Trinajstić information content (AvgIpc) is 2.06. The third-order valence-electron chi connectivity index (χ3n) is 3.59. The maximum absolute atomic E-state index is 3.70. The highest BCUT2D eigenvalue weighted by Crippen LogP contribution is 2.27. The van der Waals surface area contributed by atoms with Gasteiger partial charge in [0.15, 0.2) is 0 Å². The molecule has 0 radical (unpaired) electrons. The van der Waals surface area contributed by atoms with Gasteiger partial charge >= 0.3 is 0 Å². The molecule has 0 aromatic rings. The van der Waals surface area contributed by atoms with Crippen LogP contribution in [0.4, 0.5) is 0 Å². The van der Waals surface area contributed by atoms with Crippen molar-refractivity contribution in [2.75, 3.05) is 6.54 Å². The lowest BCUT2D eigenvalue weighted by atomic mass is 9.92. The van der Waals surface area contributed by atoms with Crippen molar-refractivity contribution in [3.63, 3.8) is 0 Å². The molecule has 2 aliphatic rings. The minimum atomic E-state index is 0.676. The molecule has 0 aliphatic carbocycles. The second-order valence-electron chi connectivity index (χ2n) is 5.05. The van der Waals surface area contributed by atoms with E-state index in [9.17, 15) is 0 Å². The molecule has 2 fully saturated rings. The van der Waals surface area contributed by atoms with Crippen LogP contribution in [0.15, 0.2) is 0 Å². The number of hydrogen-bond donors (Lipinski definition) is 1. The van der Waals surface area contributed by atoms with Gasteiger partial charge in [-0.05, 0) is 39.0 Å². The van der Waals surface area contributed by atoms with Crippen LogP contribution in [0.2, 0.25) is 0 Å². The second kappa shape index (κ2) is 3.58. The van der Waals surface area contributed by atoms with Gasteiger partial charge in [0, 0.05) is 18.6 Å². The molecule has 2 aliphatic heterocycles. The van der Waals surface area contributed by atoms with Crippen LogP contribution in [0.3, 0.4) is 0 Å². The van der Waals surface area contributed by atoms with Crippen molar-refractivity contribution in [2.24, 2.45) is 5.92 Å². The van der Waals surface area contributed by atoms with E-state index >= 15 is 0 Å². The predicted octanol–water partition coefficient (Wildman–Crippen LogP) is 1.81. The molecule has 4 atom stereocenters. The van der Waals surface area contributed by atoms with Crippen LogP contribution < -0.4 is 5.32 Å². The van der Waals surface area contributed by atoms with Crippen LogP contribution in [0.25, 0.3) is 0 Å². The maximum Gasteiger partial charge on any atom is 0.0601 e. The summed E-state index contributed by atoms with van der Waals surface area (Å²) >= 11 is 0. The van der Waals surface area contributed by atoms with Gasteiger partial charge in [0.2, 0.25) is 0 Å². The number of hydrogen-bond acceptors (Lipinski definition) is 2. The first kappa shape index (κ1) is 9.47. The van der Waals surface area contributed by atoms with Gasteiger partial charge in [-0.2, -0.15) is 0 Å². The quantitative estimate of drug-likeness (QED) is 0.614. The van der Waals surface area contributed by atoms with Gasteiger partial charge in [0.1, 0.15) is 0 Å². The Labute approximate surface area is 81.7 Å². The van der Waals surface area contributed by atoms with Crippen LogP contribution in [0.1, 0.15) is 40.0 Å². The molecule has 2 nitrogen and oxygen atoms in total. The van der Waals surface area contributed by atoms with Crippen molar-refractivity contribution in [1.82, 2.24) is 10.2 Å². The minimum absolute atomic E-state index is 0.676. The Morgan fingerprint density at radius 2 is 1.92 bits per heavy atom. The van der Waals surface area contributed by atoms with Crippen LogP contribution in [-0.4, -0.2) is 29.7 Å². The standard InChI is InChI=1S/C11H22N2/c1-8-4-5-11-12-9(2)6-10(3)13(11)7-8/h8-12H,4-7H2,1-3H3. The van der Waals surface area contributed by atoms with Gasteiger partial charge in [-0.1, -0.05) is 6.92 Å². The molecule has 0 amide bonds. The highest BCUT2D eigenvalue weighted by molar-refractivity contribution is 4.89. The van der Waals surface area contributed by atoms with Gasteiger partial charge in [0.25, 0.3) is 0 Å². The average molecular weight is 182 g/mol. The Balaban J connectivity index is 2.02. The molecule has 0 bridgehead atoms. The Morgan fingerprint density at radius 3 is 2.69 bits per heavy atom. The van der Waals surface area contributed by atoms with Crippen molar-refractivity contribution >= 4 is 0 Å². The van der Waals surface area contributed by atoms with E-state index < -0.39 is 0 Å². The Hall–Kier alpha value is -0.0800. The van der Waals surface area contributed by atoms with Crippen LogP contribution in [-0.2, 0) is 0 Å². The molecule has 4 unspecified atom stereocenters. The van der Waals surface area contributed by atoms with E-state index in [1.54, 1.807) is 0 Å². The molecule has 0 spiro atoms. The lowest BCUT2D eigenvalue weighted by Crippen LogP contribution is -2.61. The molecule has 2 heteroatoms. The fourth-order valence-corrected chi connectivity index (χ4v) is 2.90. The number of rotatable bonds is 0. The molecule has 76 valence electrons. The highest BCUT2D eigenvalue weighted by atomic mass is 15.3. The zero-order valence-corrected chi connectivity index (χ0v) is 9.09. The summed E-state index contributed by atoms with van der Waals surface area (Å²) in [4.78, 5) is 2.66. The normalized spacial score (nSPS) is 47.3. The van der Waals surface area contributed by atoms with Gasteiger partial charge < -0.3 is 0 Å². The predicted molar refractivity (Wildman–Crippen MR) is 55.6 cm³/mol. The molecule has 13 heavy (non-hydrogen) atoms. The van der Waals surface area contributed by atoms with Crippen molar-refractivity contribution < 1.29 is 0 Å². The molecular formula is C11H22N2. The Morgan fingerprint density at radius 1 is 1.15 bits per heavy atom. The first-order valence-electron chi connectivity index (χ1n) is 5.68. The van der Waals surface area contributed by atoms with E-state index in [0.29, 0.717) is 12.2 Å². The monoisotopic (exact) mass is 182 g/mol. The largest absolute Gasteiger partial charge is 0.299 e. The van der Waals surface area contributed by atoms with E-state index in [1.165, 1.54) is 25.8 Å². The number of piperidine rings is 1. The zero-order chi connectivity index (χ0) is 9.42.